The molecule has 3 rings (SSSR count). The number of amides is 1. The van der Waals surface area contributed by atoms with Crippen LogP contribution in [0.2, 0.25) is 0 Å². The second-order valence-corrected chi connectivity index (χ2v) is 7.43. The first-order chi connectivity index (χ1) is 12.8. The van der Waals surface area contributed by atoms with Crippen molar-refractivity contribution in [3.63, 3.8) is 0 Å². The third-order valence-corrected chi connectivity index (χ3v) is 5.40. The lowest BCUT2D eigenvalue weighted by molar-refractivity contribution is -0.118. The lowest BCUT2D eigenvalue weighted by Gasteiger charge is -2.06. The first kappa shape index (κ1) is 18.5. The summed E-state index contributed by atoms with van der Waals surface area (Å²) in [7, 11) is 0. The Labute approximate surface area is 160 Å². The van der Waals surface area contributed by atoms with E-state index in [2.05, 4.69) is 33.0 Å². The van der Waals surface area contributed by atoms with Crippen molar-refractivity contribution in [3.8, 4) is 5.69 Å². The van der Waals surface area contributed by atoms with Gasteiger partial charge in [0, 0.05) is 18.1 Å². The van der Waals surface area contributed by atoms with Gasteiger partial charge in [0.25, 0.3) is 0 Å². The monoisotopic (exact) mass is 385 g/mol. The van der Waals surface area contributed by atoms with E-state index >= 15 is 0 Å². The molecule has 8 heteroatoms. The Kier molecular flexibility index (Phi) is 7.09. The molecular formula is C18H19N5OS2. The molecule has 0 aliphatic rings. The third kappa shape index (κ3) is 5.60. The molecule has 0 spiro atoms. The molecule has 0 aliphatic carbocycles. The van der Waals surface area contributed by atoms with Gasteiger partial charge < -0.3 is 5.32 Å². The average molecular weight is 386 g/mol. The SMILES string of the molecule is O=C(CSc1nnnn1-c1ccccc1)NCCSCc1ccccc1. The van der Waals surface area contributed by atoms with E-state index in [1.807, 2.05) is 48.5 Å². The standard InChI is InChI=1S/C18H19N5OS2/c24-17(19-11-12-25-13-15-7-3-1-4-8-15)14-26-18-20-21-22-23(18)16-9-5-2-6-10-16/h1-10H,11-14H2,(H,19,24). The number of para-hydroxylation sites is 1. The van der Waals surface area contributed by atoms with Gasteiger partial charge in [-0.15, -0.1) is 5.10 Å². The molecule has 0 fully saturated rings. The fourth-order valence-electron chi connectivity index (χ4n) is 2.21. The van der Waals surface area contributed by atoms with Crippen LogP contribution in [0.1, 0.15) is 5.56 Å². The lowest BCUT2D eigenvalue weighted by atomic mass is 10.2. The van der Waals surface area contributed by atoms with Gasteiger partial charge >= 0.3 is 0 Å². The zero-order chi connectivity index (χ0) is 18.0. The summed E-state index contributed by atoms with van der Waals surface area (Å²) < 4.78 is 1.63. The second kappa shape index (κ2) is 9.98. The van der Waals surface area contributed by atoms with Gasteiger partial charge in [-0.05, 0) is 28.1 Å². The fourth-order valence-corrected chi connectivity index (χ4v) is 3.75. The molecule has 134 valence electrons. The molecule has 0 unspecified atom stereocenters. The Morgan fingerprint density at radius 2 is 1.77 bits per heavy atom. The maximum absolute atomic E-state index is 12.0. The molecular weight excluding hydrogens is 366 g/mol. The molecule has 1 amide bonds. The van der Waals surface area contributed by atoms with Gasteiger partial charge in [0.2, 0.25) is 11.1 Å². The van der Waals surface area contributed by atoms with E-state index in [1.165, 1.54) is 17.3 Å². The second-order valence-electron chi connectivity index (χ2n) is 5.39. The van der Waals surface area contributed by atoms with Crippen LogP contribution >= 0.6 is 23.5 Å². The molecule has 1 heterocycles. The van der Waals surface area contributed by atoms with E-state index in [-0.39, 0.29) is 11.7 Å². The molecule has 0 aliphatic heterocycles. The predicted octanol–water partition coefficient (Wildman–Crippen LogP) is 2.80. The summed E-state index contributed by atoms with van der Waals surface area (Å²) in [5.41, 5.74) is 2.17. The number of thioether (sulfide) groups is 2. The quantitative estimate of drug-likeness (QED) is 0.451. The van der Waals surface area contributed by atoms with Crippen molar-refractivity contribution in [2.24, 2.45) is 0 Å². The molecule has 0 saturated carbocycles. The van der Waals surface area contributed by atoms with E-state index in [0.29, 0.717) is 11.7 Å². The molecule has 1 aromatic heterocycles. The number of tetrazole rings is 1. The van der Waals surface area contributed by atoms with Crippen molar-refractivity contribution in [3.05, 3.63) is 66.2 Å². The highest BCUT2D eigenvalue weighted by atomic mass is 32.2. The Bertz CT molecular complexity index is 811. The normalized spacial score (nSPS) is 10.6. The maximum atomic E-state index is 12.0. The largest absolute Gasteiger partial charge is 0.355 e. The van der Waals surface area contributed by atoms with Gasteiger partial charge in [-0.25, -0.2) is 0 Å². The van der Waals surface area contributed by atoms with Gasteiger partial charge in [-0.3, -0.25) is 4.79 Å². The minimum atomic E-state index is -0.0158. The van der Waals surface area contributed by atoms with Crippen molar-refractivity contribution in [2.75, 3.05) is 18.1 Å². The molecule has 0 atom stereocenters. The zero-order valence-electron chi connectivity index (χ0n) is 14.1. The molecule has 1 N–H and O–H groups in total. The number of nitrogens with one attached hydrogen (secondary N) is 1. The van der Waals surface area contributed by atoms with Crippen LogP contribution in [0.15, 0.2) is 65.8 Å². The van der Waals surface area contributed by atoms with Crippen LogP contribution in [0.25, 0.3) is 5.69 Å². The minimum absolute atomic E-state index is 0.0158. The Hall–Kier alpha value is -2.32. The van der Waals surface area contributed by atoms with Crippen LogP contribution in [0, 0.1) is 0 Å². The summed E-state index contributed by atoms with van der Waals surface area (Å²) in [6.45, 7) is 0.653. The highest BCUT2D eigenvalue weighted by molar-refractivity contribution is 7.99. The zero-order valence-corrected chi connectivity index (χ0v) is 15.7. The van der Waals surface area contributed by atoms with E-state index < -0.39 is 0 Å². The number of hydrogen-bond donors (Lipinski definition) is 1. The van der Waals surface area contributed by atoms with Crippen LogP contribution in [-0.2, 0) is 10.5 Å². The maximum Gasteiger partial charge on any atom is 0.230 e. The number of benzene rings is 2. The summed E-state index contributed by atoms with van der Waals surface area (Å²) in [6, 6.07) is 19.9. The first-order valence-corrected chi connectivity index (χ1v) is 10.3. The van der Waals surface area contributed by atoms with E-state index in [9.17, 15) is 4.79 Å². The molecule has 3 aromatic rings. The number of carbonyl (C=O) groups excluding carboxylic acids is 1. The third-order valence-electron chi connectivity index (χ3n) is 3.45. The van der Waals surface area contributed by atoms with Crippen molar-refractivity contribution in [1.82, 2.24) is 25.5 Å². The molecule has 0 saturated heterocycles. The predicted molar refractivity (Wildman–Crippen MR) is 105 cm³/mol. The van der Waals surface area contributed by atoms with Crippen LogP contribution in [-0.4, -0.2) is 44.2 Å². The van der Waals surface area contributed by atoms with Gasteiger partial charge in [-0.2, -0.15) is 16.4 Å². The molecule has 0 radical (unpaired) electrons. The summed E-state index contributed by atoms with van der Waals surface area (Å²) in [5, 5.41) is 15.2. The molecule has 6 nitrogen and oxygen atoms in total. The van der Waals surface area contributed by atoms with E-state index in [1.54, 1.807) is 16.4 Å². The number of nitrogens with zero attached hydrogens (tertiary/aromatic N) is 4. The van der Waals surface area contributed by atoms with Gasteiger partial charge in [0.15, 0.2) is 0 Å². The van der Waals surface area contributed by atoms with Crippen LogP contribution < -0.4 is 5.32 Å². The van der Waals surface area contributed by atoms with Crippen molar-refractivity contribution >= 4 is 29.4 Å². The number of carbonyl (C=O) groups is 1. The smallest absolute Gasteiger partial charge is 0.230 e. The van der Waals surface area contributed by atoms with E-state index in [4.69, 9.17) is 0 Å². The summed E-state index contributed by atoms with van der Waals surface area (Å²) in [6.07, 6.45) is 0. The molecule has 26 heavy (non-hydrogen) atoms. The Balaban J connectivity index is 1.37. The number of aromatic nitrogens is 4. The van der Waals surface area contributed by atoms with Crippen LogP contribution in [0.3, 0.4) is 0 Å². The number of hydrogen-bond acceptors (Lipinski definition) is 6. The van der Waals surface area contributed by atoms with Gasteiger partial charge in [-0.1, -0.05) is 60.3 Å². The van der Waals surface area contributed by atoms with E-state index in [0.717, 1.165) is 17.2 Å². The summed E-state index contributed by atoms with van der Waals surface area (Å²) in [4.78, 5) is 12.0. The highest BCUT2D eigenvalue weighted by Crippen LogP contribution is 2.17. The lowest BCUT2D eigenvalue weighted by Crippen LogP contribution is -2.27. The average Bonchev–Trinajstić information content (AvgIpc) is 3.16. The summed E-state index contributed by atoms with van der Waals surface area (Å²) in [5.74, 6) is 2.11. The summed E-state index contributed by atoms with van der Waals surface area (Å²) >= 11 is 3.13. The van der Waals surface area contributed by atoms with Crippen LogP contribution in [0.4, 0.5) is 0 Å². The Morgan fingerprint density at radius 1 is 1.04 bits per heavy atom. The first-order valence-electron chi connectivity index (χ1n) is 8.18. The highest BCUT2D eigenvalue weighted by Gasteiger charge is 2.11. The van der Waals surface area contributed by atoms with Gasteiger partial charge in [0.1, 0.15) is 0 Å². The number of rotatable bonds is 9. The topological polar surface area (TPSA) is 72.7 Å². The van der Waals surface area contributed by atoms with Crippen molar-refractivity contribution in [1.29, 1.82) is 0 Å². The molecule has 0 bridgehead atoms. The molecule has 2 aromatic carbocycles. The van der Waals surface area contributed by atoms with Crippen LogP contribution in [0.5, 0.6) is 0 Å². The Morgan fingerprint density at radius 3 is 2.54 bits per heavy atom. The minimum Gasteiger partial charge on any atom is -0.355 e. The fraction of sp³-hybridized carbons (Fsp3) is 0.222. The van der Waals surface area contributed by atoms with Gasteiger partial charge in [0.05, 0.1) is 11.4 Å². The van der Waals surface area contributed by atoms with Crippen molar-refractivity contribution in [2.45, 2.75) is 10.9 Å². The van der Waals surface area contributed by atoms with Crippen molar-refractivity contribution < 1.29 is 4.79 Å².